The highest BCUT2D eigenvalue weighted by Crippen LogP contribution is 2.36. The molecule has 0 saturated carbocycles. The van der Waals surface area contributed by atoms with Gasteiger partial charge in [-0.1, -0.05) is 44.5 Å². The molecule has 0 aromatic carbocycles. The summed E-state index contributed by atoms with van der Waals surface area (Å²) < 4.78 is 5.87. The van der Waals surface area contributed by atoms with Crippen LogP contribution in [0.5, 0.6) is 0 Å². The van der Waals surface area contributed by atoms with Gasteiger partial charge < -0.3 is 9.53 Å². The first kappa shape index (κ1) is 15.3. The second kappa shape index (κ2) is 6.76. The molecule has 0 saturated heterocycles. The van der Waals surface area contributed by atoms with Crippen LogP contribution in [0.25, 0.3) is 0 Å². The van der Waals surface area contributed by atoms with Crippen molar-refractivity contribution >= 4 is 8.32 Å². The number of aliphatic hydroxyl groups excluding tert-OH is 1. The summed E-state index contributed by atoms with van der Waals surface area (Å²) in [4.78, 5) is 0. The van der Waals surface area contributed by atoms with Crippen molar-refractivity contribution in [3.63, 3.8) is 0 Å². The molecule has 0 bridgehead atoms. The standard InChI is InChI=1S/C13H22O2Si/c1-13(2,3)16(4,5)15-12-10-8-6-7-9-11-14/h14H,6,11-12H2,1-5H3. The molecule has 0 unspecified atom stereocenters. The van der Waals surface area contributed by atoms with Gasteiger partial charge in [0.15, 0.2) is 8.32 Å². The van der Waals surface area contributed by atoms with Gasteiger partial charge in [0.2, 0.25) is 0 Å². The molecule has 0 aromatic rings. The largest absolute Gasteiger partial charge is 0.406 e. The van der Waals surface area contributed by atoms with Gasteiger partial charge in [0, 0.05) is 0 Å². The molecule has 0 spiro atoms. The van der Waals surface area contributed by atoms with E-state index in [0.29, 0.717) is 13.0 Å². The maximum Gasteiger partial charge on any atom is 0.193 e. The van der Waals surface area contributed by atoms with Crippen molar-refractivity contribution in [2.45, 2.75) is 45.3 Å². The third kappa shape index (κ3) is 5.98. The van der Waals surface area contributed by atoms with Gasteiger partial charge in [-0.05, 0) is 18.1 Å². The first-order valence-electron chi connectivity index (χ1n) is 5.47. The number of aliphatic hydroxyl groups is 1. The van der Waals surface area contributed by atoms with Crippen molar-refractivity contribution in [2.24, 2.45) is 0 Å². The van der Waals surface area contributed by atoms with Crippen molar-refractivity contribution in [3.05, 3.63) is 0 Å². The molecule has 0 aliphatic rings. The van der Waals surface area contributed by atoms with Gasteiger partial charge in [0.1, 0.15) is 6.61 Å². The number of hydrogen-bond donors (Lipinski definition) is 1. The highest BCUT2D eigenvalue weighted by molar-refractivity contribution is 6.74. The van der Waals surface area contributed by atoms with E-state index in [1.165, 1.54) is 0 Å². The van der Waals surface area contributed by atoms with Crippen LogP contribution in [0.4, 0.5) is 0 Å². The first-order chi connectivity index (χ1) is 7.31. The zero-order valence-corrected chi connectivity index (χ0v) is 12.0. The van der Waals surface area contributed by atoms with Gasteiger partial charge in [-0.3, -0.25) is 0 Å². The highest BCUT2D eigenvalue weighted by Gasteiger charge is 2.36. The second-order valence-electron chi connectivity index (χ2n) is 5.09. The molecule has 0 radical (unpaired) electrons. The zero-order valence-electron chi connectivity index (χ0n) is 11.0. The van der Waals surface area contributed by atoms with Crippen molar-refractivity contribution in [1.82, 2.24) is 0 Å². The van der Waals surface area contributed by atoms with E-state index in [1.54, 1.807) is 0 Å². The molecule has 90 valence electrons. The van der Waals surface area contributed by atoms with Gasteiger partial charge in [-0.25, -0.2) is 0 Å². The Morgan fingerprint density at radius 1 is 1.06 bits per heavy atom. The van der Waals surface area contributed by atoms with Crippen molar-refractivity contribution < 1.29 is 9.53 Å². The highest BCUT2D eigenvalue weighted by atomic mass is 28.4. The van der Waals surface area contributed by atoms with Crippen LogP contribution < -0.4 is 0 Å². The number of hydrogen-bond acceptors (Lipinski definition) is 2. The topological polar surface area (TPSA) is 29.5 Å². The van der Waals surface area contributed by atoms with E-state index in [0.717, 1.165) is 0 Å². The van der Waals surface area contributed by atoms with Crippen LogP contribution in [0.3, 0.4) is 0 Å². The zero-order chi connectivity index (χ0) is 12.7. The summed E-state index contributed by atoms with van der Waals surface area (Å²) in [6, 6.07) is 0. The van der Waals surface area contributed by atoms with E-state index in [-0.39, 0.29) is 11.6 Å². The van der Waals surface area contributed by atoms with E-state index >= 15 is 0 Å². The van der Waals surface area contributed by atoms with Gasteiger partial charge in [-0.15, -0.1) is 0 Å². The van der Waals surface area contributed by atoms with E-state index in [9.17, 15) is 0 Å². The summed E-state index contributed by atoms with van der Waals surface area (Å²) in [6.45, 7) is 11.4. The molecular formula is C13H22O2Si. The van der Waals surface area contributed by atoms with Crippen molar-refractivity contribution in [3.8, 4) is 23.7 Å². The van der Waals surface area contributed by atoms with E-state index in [4.69, 9.17) is 9.53 Å². The van der Waals surface area contributed by atoms with Crippen LogP contribution in [-0.4, -0.2) is 26.6 Å². The van der Waals surface area contributed by atoms with Crippen molar-refractivity contribution in [2.75, 3.05) is 13.2 Å². The molecule has 0 amide bonds. The third-order valence-corrected chi connectivity index (χ3v) is 7.30. The van der Waals surface area contributed by atoms with Crippen LogP contribution in [0.15, 0.2) is 0 Å². The third-order valence-electron chi connectivity index (χ3n) is 2.82. The summed E-state index contributed by atoms with van der Waals surface area (Å²) in [5.74, 6) is 11.2. The number of rotatable bonds is 2. The lowest BCUT2D eigenvalue weighted by Gasteiger charge is -2.35. The Balaban J connectivity index is 3.98. The second-order valence-corrected chi connectivity index (χ2v) is 9.90. The fourth-order valence-electron chi connectivity index (χ4n) is 0.709. The monoisotopic (exact) mass is 238 g/mol. The molecule has 1 N–H and O–H groups in total. The molecule has 0 atom stereocenters. The Hall–Kier alpha value is -0.743. The lowest BCUT2D eigenvalue weighted by molar-refractivity contribution is 0.334. The van der Waals surface area contributed by atoms with E-state index < -0.39 is 8.32 Å². The maximum absolute atomic E-state index is 8.42. The van der Waals surface area contributed by atoms with Crippen LogP contribution in [0.2, 0.25) is 18.1 Å². The first-order valence-corrected chi connectivity index (χ1v) is 8.38. The molecule has 0 aliphatic heterocycles. The Morgan fingerprint density at radius 2 is 1.62 bits per heavy atom. The Kier molecular flexibility index (Phi) is 6.44. The maximum atomic E-state index is 8.42. The molecule has 0 aromatic heterocycles. The fourth-order valence-corrected chi connectivity index (χ4v) is 1.58. The van der Waals surface area contributed by atoms with Gasteiger partial charge >= 0.3 is 0 Å². The molecule has 2 nitrogen and oxygen atoms in total. The molecular weight excluding hydrogens is 216 g/mol. The minimum atomic E-state index is -1.66. The predicted molar refractivity (Wildman–Crippen MR) is 70.4 cm³/mol. The van der Waals surface area contributed by atoms with Gasteiger partial charge in [0.05, 0.1) is 13.0 Å². The Morgan fingerprint density at radius 3 is 2.12 bits per heavy atom. The fraction of sp³-hybridized carbons (Fsp3) is 0.692. The van der Waals surface area contributed by atoms with Crippen LogP contribution in [-0.2, 0) is 4.43 Å². The molecule has 16 heavy (non-hydrogen) atoms. The SMILES string of the molecule is CC(C)(C)[Si](C)(C)OCC#CCC#CCO. The normalized spacial score (nSPS) is 11.1. The summed E-state index contributed by atoms with van der Waals surface area (Å²) >= 11 is 0. The summed E-state index contributed by atoms with van der Waals surface area (Å²) in [5.41, 5.74) is 0. The predicted octanol–water partition coefficient (Wildman–Crippen LogP) is 2.40. The van der Waals surface area contributed by atoms with E-state index in [2.05, 4.69) is 57.5 Å². The summed E-state index contributed by atoms with van der Waals surface area (Å²) in [5, 5.41) is 8.65. The molecule has 0 heterocycles. The average molecular weight is 238 g/mol. The van der Waals surface area contributed by atoms with Crippen molar-refractivity contribution in [1.29, 1.82) is 0 Å². The van der Waals surface area contributed by atoms with Crippen LogP contribution in [0, 0.1) is 23.7 Å². The average Bonchev–Trinajstić information content (AvgIpc) is 2.14. The smallest absolute Gasteiger partial charge is 0.193 e. The Bertz CT molecular complexity index is 318. The minimum absolute atomic E-state index is 0.0951. The van der Waals surface area contributed by atoms with Gasteiger partial charge in [0.25, 0.3) is 0 Å². The molecule has 0 fully saturated rings. The van der Waals surface area contributed by atoms with E-state index in [1.807, 2.05) is 0 Å². The van der Waals surface area contributed by atoms with Gasteiger partial charge in [-0.2, -0.15) is 0 Å². The summed E-state index contributed by atoms with van der Waals surface area (Å²) in [6.07, 6.45) is 0.501. The lowest BCUT2D eigenvalue weighted by atomic mass is 10.2. The summed E-state index contributed by atoms with van der Waals surface area (Å²) in [7, 11) is -1.66. The molecule has 0 rings (SSSR count). The lowest BCUT2D eigenvalue weighted by Crippen LogP contribution is -2.40. The van der Waals surface area contributed by atoms with Crippen LogP contribution in [0.1, 0.15) is 27.2 Å². The van der Waals surface area contributed by atoms with Crippen LogP contribution >= 0.6 is 0 Å². The molecule has 0 aliphatic carbocycles. The minimum Gasteiger partial charge on any atom is -0.406 e. The Labute approximate surface area is 101 Å². The quantitative estimate of drug-likeness (QED) is 0.591. The molecule has 3 heteroatoms.